The highest BCUT2D eigenvalue weighted by molar-refractivity contribution is 5.49. The molecule has 0 heterocycles. The lowest BCUT2D eigenvalue weighted by Crippen LogP contribution is -2.30. The zero-order valence-corrected chi connectivity index (χ0v) is 10.4. The molecule has 0 aliphatic rings. The molecule has 1 atom stereocenters. The Morgan fingerprint density at radius 1 is 1.06 bits per heavy atom. The first-order valence-corrected chi connectivity index (χ1v) is 5.96. The van der Waals surface area contributed by atoms with Gasteiger partial charge < -0.3 is 10.6 Å². The van der Waals surface area contributed by atoms with E-state index < -0.39 is 0 Å². The van der Waals surface area contributed by atoms with Crippen molar-refractivity contribution in [3.63, 3.8) is 0 Å². The van der Waals surface area contributed by atoms with Crippen molar-refractivity contribution in [3.05, 3.63) is 66.0 Å². The number of likely N-dealkylation sites (N-methyl/N-ethyl adjacent to an activating group) is 1. The number of anilines is 1. The fourth-order valence-corrected chi connectivity index (χ4v) is 2.10. The van der Waals surface area contributed by atoms with Crippen molar-refractivity contribution in [1.29, 1.82) is 0 Å². The van der Waals surface area contributed by atoms with Crippen LogP contribution in [0.1, 0.15) is 11.6 Å². The van der Waals surface area contributed by atoms with Gasteiger partial charge in [-0.25, -0.2) is 4.39 Å². The maximum Gasteiger partial charge on any atom is 0.146 e. The molecule has 0 amide bonds. The first kappa shape index (κ1) is 12.6. The van der Waals surface area contributed by atoms with Crippen LogP contribution >= 0.6 is 0 Å². The van der Waals surface area contributed by atoms with Gasteiger partial charge in [-0.15, -0.1) is 0 Å². The van der Waals surface area contributed by atoms with Gasteiger partial charge in [0.2, 0.25) is 0 Å². The van der Waals surface area contributed by atoms with Gasteiger partial charge in [-0.3, -0.25) is 0 Å². The average molecular weight is 244 g/mol. The van der Waals surface area contributed by atoms with Crippen LogP contribution in [0.4, 0.5) is 10.1 Å². The van der Waals surface area contributed by atoms with Gasteiger partial charge in [-0.1, -0.05) is 42.5 Å². The number of nitrogens with zero attached hydrogens (tertiary/aromatic N) is 1. The van der Waals surface area contributed by atoms with Crippen molar-refractivity contribution >= 4 is 5.69 Å². The van der Waals surface area contributed by atoms with Crippen molar-refractivity contribution in [2.75, 3.05) is 18.5 Å². The minimum absolute atomic E-state index is 0.0249. The maximum absolute atomic E-state index is 13.8. The first-order valence-electron chi connectivity index (χ1n) is 5.96. The number of hydrogen-bond donors (Lipinski definition) is 1. The lowest BCUT2D eigenvalue weighted by Gasteiger charge is -2.29. The van der Waals surface area contributed by atoms with E-state index in [4.69, 9.17) is 5.73 Å². The maximum atomic E-state index is 13.8. The number of hydrogen-bond acceptors (Lipinski definition) is 2. The number of para-hydroxylation sites is 1. The fraction of sp³-hybridized carbons (Fsp3) is 0.200. The molecule has 2 rings (SSSR count). The molecule has 0 spiro atoms. The summed E-state index contributed by atoms with van der Waals surface area (Å²) in [6.07, 6.45) is 0. The lowest BCUT2D eigenvalue weighted by atomic mass is 10.1. The van der Waals surface area contributed by atoms with E-state index in [1.54, 1.807) is 12.1 Å². The predicted molar refractivity (Wildman–Crippen MR) is 73.0 cm³/mol. The molecule has 1 unspecified atom stereocenters. The Hall–Kier alpha value is -1.87. The van der Waals surface area contributed by atoms with Crippen LogP contribution in [0, 0.1) is 5.82 Å². The van der Waals surface area contributed by atoms with Crippen molar-refractivity contribution in [2.45, 2.75) is 6.04 Å². The van der Waals surface area contributed by atoms with Gasteiger partial charge in [0.15, 0.2) is 0 Å². The Balaban J connectivity index is 2.32. The highest BCUT2D eigenvalue weighted by Gasteiger charge is 2.17. The van der Waals surface area contributed by atoms with Gasteiger partial charge in [0, 0.05) is 13.6 Å². The van der Waals surface area contributed by atoms with Crippen molar-refractivity contribution < 1.29 is 4.39 Å². The molecule has 0 aliphatic heterocycles. The summed E-state index contributed by atoms with van der Waals surface area (Å²) in [5, 5.41) is 0. The normalized spacial score (nSPS) is 12.2. The van der Waals surface area contributed by atoms with E-state index in [0.29, 0.717) is 12.2 Å². The fourth-order valence-electron chi connectivity index (χ4n) is 2.10. The molecule has 2 aromatic carbocycles. The van der Waals surface area contributed by atoms with Crippen LogP contribution in [-0.4, -0.2) is 13.6 Å². The Bertz CT molecular complexity index is 499. The molecule has 94 valence electrons. The zero-order valence-electron chi connectivity index (χ0n) is 10.4. The van der Waals surface area contributed by atoms with Crippen molar-refractivity contribution in [2.24, 2.45) is 5.73 Å². The van der Waals surface area contributed by atoms with Crippen LogP contribution in [0.15, 0.2) is 54.6 Å². The van der Waals surface area contributed by atoms with E-state index >= 15 is 0 Å². The number of rotatable bonds is 4. The van der Waals surface area contributed by atoms with Crippen LogP contribution < -0.4 is 10.6 Å². The van der Waals surface area contributed by atoms with Crippen LogP contribution in [0.2, 0.25) is 0 Å². The third-order valence-electron chi connectivity index (χ3n) is 3.11. The molecule has 2 aromatic rings. The second kappa shape index (κ2) is 5.65. The highest BCUT2D eigenvalue weighted by atomic mass is 19.1. The van der Waals surface area contributed by atoms with Gasteiger partial charge >= 0.3 is 0 Å². The summed E-state index contributed by atoms with van der Waals surface area (Å²) >= 11 is 0. The Labute approximate surface area is 107 Å². The van der Waals surface area contributed by atoms with E-state index in [9.17, 15) is 4.39 Å². The molecule has 0 saturated carbocycles. The standard InChI is InChI=1S/C15H17FN2/c1-18(14-10-6-5-9-13(14)16)15(11-17)12-7-3-2-4-8-12/h2-10,15H,11,17H2,1H3. The molecule has 3 heteroatoms. The quantitative estimate of drug-likeness (QED) is 0.896. The van der Waals surface area contributed by atoms with E-state index in [1.165, 1.54) is 6.07 Å². The van der Waals surface area contributed by atoms with E-state index in [2.05, 4.69) is 0 Å². The van der Waals surface area contributed by atoms with Gasteiger partial charge in [0.05, 0.1) is 11.7 Å². The van der Waals surface area contributed by atoms with Gasteiger partial charge in [-0.05, 0) is 17.7 Å². The molecule has 0 aromatic heterocycles. The Kier molecular flexibility index (Phi) is 3.95. The molecule has 0 radical (unpaired) electrons. The topological polar surface area (TPSA) is 29.3 Å². The second-order valence-corrected chi connectivity index (χ2v) is 4.22. The van der Waals surface area contributed by atoms with Gasteiger partial charge in [-0.2, -0.15) is 0 Å². The lowest BCUT2D eigenvalue weighted by molar-refractivity contribution is 0.603. The van der Waals surface area contributed by atoms with Crippen LogP contribution in [0.25, 0.3) is 0 Å². The summed E-state index contributed by atoms with van der Waals surface area (Å²) in [6.45, 7) is 0.439. The minimum Gasteiger partial charge on any atom is -0.364 e. The third kappa shape index (κ3) is 2.51. The van der Waals surface area contributed by atoms with Crippen LogP contribution in [0.5, 0.6) is 0 Å². The van der Waals surface area contributed by atoms with Gasteiger partial charge in [0.1, 0.15) is 5.82 Å². The summed E-state index contributed by atoms with van der Waals surface area (Å²) in [6, 6.07) is 16.6. The number of benzene rings is 2. The average Bonchev–Trinajstić information content (AvgIpc) is 2.41. The molecular weight excluding hydrogens is 227 g/mol. The number of nitrogens with two attached hydrogens (primary N) is 1. The minimum atomic E-state index is -0.227. The number of halogens is 1. The summed E-state index contributed by atoms with van der Waals surface area (Å²) in [4.78, 5) is 1.88. The molecule has 18 heavy (non-hydrogen) atoms. The largest absolute Gasteiger partial charge is 0.364 e. The van der Waals surface area contributed by atoms with E-state index in [0.717, 1.165) is 5.56 Å². The van der Waals surface area contributed by atoms with Gasteiger partial charge in [0.25, 0.3) is 0 Å². The molecule has 0 fully saturated rings. The van der Waals surface area contributed by atoms with Crippen LogP contribution in [0.3, 0.4) is 0 Å². The molecule has 2 nitrogen and oxygen atoms in total. The Morgan fingerprint density at radius 3 is 2.28 bits per heavy atom. The predicted octanol–water partition coefficient (Wildman–Crippen LogP) is 2.96. The molecule has 0 bridgehead atoms. The first-order chi connectivity index (χ1) is 8.74. The third-order valence-corrected chi connectivity index (χ3v) is 3.11. The second-order valence-electron chi connectivity index (χ2n) is 4.22. The summed E-state index contributed by atoms with van der Waals surface area (Å²) < 4.78 is 13.8. The monoisotopic (exact) mass is 244 g/mol. The zero-order chi connectivity index (χ0) is 13.0. The van der Waals surface area contributed by atoms with Crippen LogP contribution in [-0.2, 0) is 0 Å². The van der Waals surface area contributed by atoms with E-state index in [1.807, 2.05) is 48.3 Å². The van der Waals surface area contributed by atoms with Crippen molar-refractivity contribution in [3.8, 4) is 0 Å². The van der Waals surface area contributed by atoms with Crippen molar-refractivity contribution in [1.82, 2.24) is 0 Å². The summed E-state index contributed by atoms with van der Waals surface area (Å²) in [5.41, 5.74) is 7.48. The molecule has 0 aliphatic carbocycles. The molecular formula is C15H17FN2. The summed E-state index contributed by atoms with van der Waals surface area (Å²) in [7, 11) is 1.86. The molecule has 0 saturated heterocycles. The smallest absolute Gasteiger partial charge is 0.146 e. The SMILES string of the molecule is CN(c1ccccc1F)C(CN)c1ccccc1. The molecule has 2 N–H and O–H groups in total. The summed E-state index contributed by atoms with van der Waals surface area (Å²) in [5.74, 6) is -0.227. The van der Waals surface area contributed by atoms with E-state index in [-0.39, 0.29) is 11.9 Å². The Morgan fingerprint density at radius 2 is 1.67 bits per heavy atom. The highest BCUT2D eigenvalue weighted by Crippen LogP contribution is 2.26.